The molecule has 4 N–H and O–H groups in total. The van der Waals surface area contributed by atoms with E-state index >= 15 is 0 Å². The Kier molecular flexibility index (Phi) is 13.6. The molecular weight excluding hydrogens is 676 g/mol. The fraction of sp³-hybridized carbons (Fsp3) is 0.895. The molecule has 4 aliphatic rings. The van der Waals surface area contributed by atoms with Crippen molar-refractivity contribution >= 4 is 5.97 Å². The van der Waals surface area contributed by atoms with E-state index in [1.54, 1.807) is 46.6 Å². The average Bonchev–Trinajstić information content (AvgIpc) is 3.40. The Morgan fingerprint density at radius 2 is 1.77 bits per heavy atom. The normalized spacial score (nSPS) is 45.0. The number of aliphatic hydroxyl groups is 4. The van der Waals surface area contributed by atoms with E-state index in [0.717, 1.165) is 5.57 Å². The lowest BCUT2D eigenvalue weighted by molar-refractivity contribution is -0.316. The van der Waals surface area contributed by atoms with Gasteiger partial charge < -0.3 is 53.6 Å². The molecule has 0 aromatic carbocycles. The maximum atomic E-state index is 14.3. The van der Waals surface area contributed by atoms with E-state index in [1.807, 2.05) is 27.7 Å². The van der Waals surface area contributed by atoms with E-state index in [-0.39, 0.29) is 25.5 Å². The first-order valence-corrected chi connectivity index (χ1v) is 18.8. The highest BCUT2D eigenvalue weighted by molar-refractivity contribution is 5.73. The zero-order chi connectivity index (χ0) is 39.1. The van der Waals surface area contributed by atoms with Crippen molar-refractivity contribution in [2.45, 2.75) is 179 Å². The molecule has 0 radical (unpaired) electrons. The zero-order valence-electron chi connectivity index (χ0n) is 33.1. The smallest absolute Gasteiger partial charge is 0.311 e. The number of methoxy groups -OCH3 is 1. The van der Waals surface area contributed by atoms with Crippen LogP contribution in [-0.2, 0) is 38.0 Å². The molecular formula is C38H64N2O12. The van der Waals surface area contributed by atoms with Gasteiger partial charge in [-0.25, -0.2) is 0 Å². The lowest BCUT2D eigenvalue weighted by Gasteiger charge is -2.48. The van der Waals surface area contributed by atoms with Crippen LogP contribution in [0.1, 0.15) is 94.9 Å². The molecule has 0 aliphatic carbocycles. The molecule has 14 nitrogen and oxygen atoms in total. The van der Waals surface area contributed by atoms with Gasteiger partial charge in [0.1, 0.15) is 41.4 Å². The number of ether oxygens (including phenoxy) is 7. The van der Waals surface area contributed by atoms with E-state index in [1.165, 1.54) is 14.0 Å². The Morgan fingerprint density at radius 3 is 2.37 bits per heavy atom. The first-order valence-electron chi connectivity index (χ1n) is 18.8. The molecule has 5 unspecified atom stereocenters. The van der Waals surface area contributed by atoms with Crippen molar-refractivity contribution in [3.05, 3.63) is 11.3 Å². The van der Waals surface area contributed by atoms with Crippen LogP contribution >= 0.6 is 0 Å². The highest BCUT2D eigenvalue weighted by Crippen LogP contribution is 2.48. The number of likely N-dealkylation sites (N-methyl/N-ethyl adjacent to an activating group) is 1. The van der Waals surface area contributed by atoms with Crippen LogP contribution in [0.3, 0.4) is 0 Å². The molecule has 0 spiro atoms. The van der Waals surface area contributed by atoms with E-state index in [9.17, 15) is 30.5 Å². The second-order valence-corrected chi connectivity index (χ2v) is 16.5. The van der Waals surface area contributed by atoms with Crippen molar-refractivity contribution in [1.29, 1.82) is 5.26 Å². The highest BCUT2D eigenvalue weighted by Gasteiger charge is 2.57. The van der Waals surface area contributed by atoms with Gasteiger partial charge in [-0.05, 0) is 73.9 Å². The van der Waals surface area contributed by atoms with Crippen molar-refractivity contribution in [1.82, 2.24) is 4.90 Å². The van der Waals surface area contributed by atoms with Crippen LogP contribution in [0.15, 0.2) is 11.3 Å². The SMILES string of the molecule is CC[C@@H](O)[C@@](C)(O)[C@@H]1OC(=O)[C@H](C)[C@@H](O[C@H]2CC(C)(OC)[C@@H](O)C(C)O2)[C@H](C)[C@@H](O[C@@H]2OC(C)CC(N(C)CC#N)C2O)[C@]2(C)CC(C)=C(O2)[C@@H]1C. The first-order chi connectivity index (χ1) is 24.1. The highest BCUT2D eigenvalue weighted by atomic mass is 16.7. The minimum Gasteiger partial charge on any atom is -0.488 e. The largest absolute Gasteiger partial charge is 0.488 e. The summed E-state index contributed by atoms with van der Waals surface area (Å²) in [6.07, 6.45) is -8.06. The number of carbonyl (C=O) groups excluding carboxylic acids is 1. The van der Waals surface area contributed by atoms with Gasteiger partial charge in [-0.15, -0.1) is 0 Å². The van der Waals surface area contributed by atoms with E-state index in [2.05, 4.69) is 6.07 Å². The summed E-state index contributed by atoms with van der Waals surface area (Å²) in [5, 5.41) is 54.7. The van der Waals surface area contributed by atoms with Gasteiger partial charge in [0.2, 0.25) is 0 Å². The number of nitriles is 1. The van der Waals surface area contributed by atoms with Crippen LogP contribution in [0.2, 0.25) is 0 Å². The number of hydrogen-bond acceptors (Lipinski definition) is 14. The van der Waals surface area contributed by atoms with Crippen molar-refractivity contribution in [2.24, 2.45) is 17.8 Å². The van der Waals surface area contributed by atoms with Crippen LogP contribution in [0.25, 0.3) is 0 Å². The third-order valence-electron chi connectivity index (χ3n) is 12.2. The molecule has 0 aromatic rings. The third kappa shape index (κ3) is 8.34. The minimum atomic E-state index is -1.84. The Balaban J connectivity index is 1.83. The summed E-state index contributed by atoms with van der Waals surface area (Å²) in [7, 11) is 3.29. The monoisotopic (exact) mass is 740 g/mol. The first kappa shape index (κ1) is 42.8. The number of fused-ring (bicyclic) bond motifs is 2. The quantitative estimate of drug-likeness (QED) is 0.189. The molecule has 0 saturated carbocycles. The Hall–Kier alpha value is -1.90. The van der Waals surface area contributed by atoms with Gasteiger partial charge in [-0.2, -0.15) is 5.26 Å². The van der Waals surface area contributed by atoms with Crippen molar-refractivity contribution in [3.63, 3.8) is 0 Å². The maximum absolute atomic E-state index is 14.3. The molecule has 3 fully saturated rings. The summed E-state index contributed by atoms with van der Waals surface area (Å²) in [5.41, 5.74) is -3.09. The second-order valence-electron chi connectivity index (χ2n) is 16.5. The molecule has 0 aromatic heterocycles. The van der Waals surface area contributed by atoms with Gasteiger partial charge in [-0.3, -0.25) is 9.69 Å². The zero-order valence-corrected chi connectivity index (χ0v) is 33.1. The van der Waals surface area contributed by atoms with Crippen LogP contribution in [0.4, 0.5) is 0 Å². The number of carbonyl (C=O) groups is 1. The van der Waals surface area contributed by atoms with Gasteiger partial charge in [0.25, 0.3) is 0 Å². The molecule has 3 saturated heterocycles. The van der Waals surface area contributed by atoms with Crippen LogP contribution in [0.5, 0.6) is 0 Å². The summed E-state index contributed by atoms with van der Waals surface area (Å²) >= 11 is 0. The molecule has 298 valence electrons. The minimum absolute atomic E-state index is 0.105. The maximum Gasteiger partial charge on any atom is 0.311 e. The fourth-order valence-corrected chi connectivity index (χ4v) is 8.88. The summed E-state index contributed by atoms with van der Waals surface area (Å²) in [6, 6.07) is 1.72. The van der Waals surface area contributed by atoms with E-state index in [0.29, 0.717) is 18.6 Å². The molecule has 4 heterocycles. The standard InChI is InChI=1S/C38H64N2O12/c1-13-26(41)38(10,45)33-21(4)29-19(2)17-37(9,52-29)32(51-35-28(42)25(16-20(3)47-35)40(11)15-14-39)22(5)30(23(6)34(44)50-33)49-27-18-36(8,46-12)31(43)24(7)48-27/h20-28,30-33,35,41-43,45H,13,15-18H2,1-12H3/t20?,21-,22-,23+,24?,25?,26+,27-,28?,30-,31-,32+,33+,35-,36?,37-,38+/m0/s1. The predicted octanol–water partition coefficient (Wildman–Crippen LogP) is 2.79. The number of cyclic esters (lactones) is 1. The molecule has 14 heteroatoms. The van der Waals surface area contributed by atoms with Crippen molar-refractivity contribution in [2.75, 3.05) is 20.7 Å². The number of nitrogens with zero attached hydrogens (tertiary/aromatic N) is 2. The molecule has 0 amide bonds. The van der Waals surface area contributed by atoms with E-state index in [4.69, 9.17) is 33.2 Å². The molecule has 4 aliphatic heterocycles. The average molecular weight is 741 g/mol. The third-order valence-corrected chi connectivity index (χ3v) is 12.2. The van der Waals surface area contributed by atoms with Crippen LogP contribution < -0.4 is 0 Å². The summed E-state index contributed by atoms with van der Waals surface area (Å²) in [5.74, 6) is -2.44. The van der Waals surface area contributed by atoms with Gasteiger partial charge in [0.05, 0.1) is 54.5 Å². The van der Waals surface area contributed by atoms with Crippen LogP contribution in [-0.4, -0.2) is 136 Å². The molecule has 2 bridgehead atoms. The Bertz CT molecular complexity index is 1320. The summed E-state index contributed by atoms with van der Waals surface area (Å²) < 4.78 is 44.8. The molecule has 52 heavy (non-hydrogen) atoms. The molecule has 4 rings (SSSR count). The fourth-order valence-electron chi connectivity index (χ4n) is 8.88. The summed E-state index contributed by atoms with van der Waals surface area (Å²) in [4.78, 5) is 16.1. The van der Waals surface area contributed by atoms with E-state index < -0.39 is 102 Å². The van der Waals surface area contributed by atoms with Crippen molar-refractivity contribution < 1.29 is 58.4 Å². The van der Waals surface area contributed by atoms with Gasteiger partial charge in [0.15, 0.2) is 12.6 Å². The topological polar surface area (TPSA) is 190 Å². The van der Waals surface area contributed by atoms with Crippen molar-refractivity contribution in [3.8, 4) is 6.07 Å². The predicted molar refractivity (Wildman–Crippen MR) is 188 cm³/mol. The second kappa shape index (κ2) is 16.5. The van der Waals surface area contributed by atoms with Gasteiger partial charge in [-0.1, -0.05) is 20.8 Å². The Morgan fingerprint density at radius 1 is 1.12 bits per heavy atom. The van der Waals surface area contributed by atoms with Gasteiger partial charge in [0, 0.05) is 31.9 Å². The van der Waals surface area contributed by atoms with Gasteiger partial charge >= 0.3 is 5.97 Å². The number of rotatable bonds is 10. The van der Waals surface area contributed by atoms with Crippen LogP contribution in [0, 0.1) is 29.1 Å². The lowest BCUT2D eigenvalue weighted by Crippen LogP contribution is -2.60. The Labute approximate surface area is 309 Å². The number of aliphatic hydroxyl groups excluding tert-OH is 3. The molecule has 17 atom stereocenters. The lowest BCUT2D eigenvalue weighted by atomic mass is 9.78. The number of hydrogen-bond donors (Lipinski definition) is 4. The summed E-state index contributed by atoms with van der Waals surface area (Å²) in [6.45, 7) is 17.9. The number of esters is 1.